The lowest BCUT2D eigenvalue weighted by Crippen LogP contribution is -1.98. The van der Waals surface area contributed by atoms with Gasteiger partial charge in [0, 0.05) is 16.2 Å². The van der Waals surface area contributed by atoms with Crippen LogP contribution < -0.4 is 0 Å². The summed E-state index contributed by atoms with van der Waals surface area (Å²) in [5.41, 5.74) is 1.76. The molecule has 0 saturated heterocycles. The second-order valence-electron chi connectivity index (χ2n) is 3.32. The third kappa shape index (κ3) is 3.00. The van der Waals surface area contributed by atoms with Gasteiger partial charge in [-0.2, -0.15) is 0 Å². The third-order valence-electron chi connectivity index (χ3n) is 2.15. The molecule has 84 valence electrons. The lowest BCUT2D eigenvalue weighted by atomic mass is 10.1. The molecule has 0 saturated carbocycles. The number of phenolic OH excluding ortho intramolecular Hbond substituents is 1. The Labute approximate surface area is 98.1 Å². The van der Waals surface area contributed by atoms with Crippen LogP contribution in [0.1, 0.15) is 16.7 Å². The Balaban J connectivity index is 3.33. The van der Waals surface area contributed by atoms with Crippen molar-refractivity contribution in [1.82, 2.24) is 0 Å². The maximum absolute atomic E-state index is 10.9. The fraction of sp³-hybridized carbons (Fsp3) is 0.333. The second-order valence-corrected chi connectivity index (χ2v) is 6.48. The zero-order valence-electron chi connectivity index (χ0n) is 8.21. The van der Waals surface area contributed by atoms with Crippen LogP contribution in [-0.4, -0.2) is 13.5 Å². The van der Waals surface area contributed by atoms with Gasteiger partial charge >= 0.3 is 0 Å². The molecular weight excluding hydrogens is 259 g/mol. The van der Waals surface area contributed by atoms with Crippen LogP contribution in [0.15, 0.2) is 6.07 Å². The van der Waals surface area contributed by atoms with Crippen LogP contribution in [0.2, 0.25) is 5.02 Å². The van der Waals surface area contributed by atoms with E-state index in [0.29, 0.717) is 0 Å². The highest BCUT2D eigenvalue weighted by atomic mass is 35.7. The van der Waals surface area contributed by atoms with E-state index in [1.54, 1.807) is 19.9 Å². The van der Waals surface area contributed by atoms with Crippen LogP contribution in [0.3, 0.4) is 0 Å². The number of benzene rings is 1. The van der Waals surface area contributed by atoms with Crippen molar-refractivity contribution in [2.45, 2.75) is 19.6 Å². The first-order chi connectivity index (χ1) is 6.72. The Hall–Kier alpha value is -0.450. The van der Waals surface area contributed by atoms with E-state index in [1.165, 1.54) is 0 Å². The van der Waals surface area contributed by atoms with E-state index in [2.05, 4.69) is 0 Å². The van der Waals surface area contributed by atoms with Crippen LogP contribution in [0, 0.1) is 13.8 Å². The molecular formula is C9H10Cl2O3S. The first-order valence-electron chi connectivity index (χ1n) is 4.12. The lowest BCUT2D eigenvalue weighted by Gasteiger charge is -2.09. The van der Waals surface area contributed by atoms with E-state index in [9.17, 15) is 13.5 Å². The smallest absolute Gasteiger partial charge is 0.236 e. The van der Waals surface area contributed by atoms with E-state index in [1.807, 2.05) is 0 Å². The molecule has 0 aliphatic heterocycles. The van der Waals surface area contributed by atoms with E-state index < -0.39 is 14.8 Å². The van der Waals surface area contributed by atoms with E-state index in [-0.39, 0.29) is 16.3 Å². The molecule has 1 aromatic rings. The van der Waals surface area contributed by atoms with Crippen molar-refractivity contribution in [2.24, 2.45) is 0 Å². The molecule has 0 fully saturated rings. The summed E-state index contributed by atoms with van der Waals surface area (Å²) in [5, 5.41) is 9.78. The van der Waals surface area contributed by atoms with Gasteiger partial charge in [0.1, 0.15) is 5.75 Å². The fourth-order valence-corrected chi connectivity index (χ4v) is 2.44. The summed E-state index contributed by atoms with van der Waals surface area (Å²) < 4.78 is 21.7. The highest BCUT2D eigenvalue weighted by Gasteiger charge is 2.16. The van der Waals surface area contributed by atoms with Crippen LogP contribution in [-0.2, 0) is 14.8 Å². The summed E-state index contributed by atoms with van der Waals surface area (Å²) in [7, 11) is 1.41. The average molecular weight is 269 g/mol. The largest absolute Gasteiger partial charge is 0.506 e. The van der Waals surface area contributed by atoms with Gasteiger partial charge in [0.25, 0.3) is 0 Å². The number of phenols is 1. The maximum Gasteiger partial charge on any atom is 0.236 e. The van der Waals surface area contributed by atoms with Crippen molar-refractivity contribution in [2.75, 3.05) is 0 Å². The minimum Gasteiger partial charge on any atom is -0.506 e. The van der Waals surface area contributed by atoms with Gasteiger partial charge in [-0.1, -0.05) is 17.7 Å². The summed E-state index contributed by atoms with van der Waals surface area (Å²) >= 11 is 5.83. The van der Waals surface area contributed by atoms with Crippen LogP contribution in [0.4, 0.5) is 0 Å². The molecule has 0 spiro atoms. The lowest BCUT2D eigenvalue weighted by molar-refractivity contribution is 0.469. The predicted octanol–water partition coefficient (Wildman–Crippen LogP) is 2.73. The number of halogens is 2. The quantitative estimate of drug-likeness (QED) is 0.840. The average Bonchev–Trinajstić information content (AvgIpc) is 2.08. The minimum absolute atomic E-state index is 0.172. The topological polar surface area (TPSA) is 54.4 Å². The Morgan fingerprint density at radius 2 is 1.93 bits per heavy atom. The Bertz CT molecular complexity index is 495. The normalized spacial score (nSPS) is 11.7. The maximum atomic E-state index is 10.9. The standard InChI is InChI=1S/C9H10Cl2O3S/c1-5-3-7(4-15(11,13)14)9(12)8(10)6(5)2/h3,12H,4H2,1-2H3. The molecule has 0 heterocycles. The number of aromatic hydroxyl groups is 1. The SMILES string of the molecule is Cc1cc(CS(=O)(=O)Cl)c(O)c(Cl)c1C. The molecule has 1 aromatic carbocycles. The zero-order valence-corrected chi connectivity index (χ0v) is 10.5. The molecule has 0 atom stereocenters. The van der Waals surface area contributed by atoms with Crippen LogP contribution in [0.5, 0.6) is 5.75 Å². The predicted molar refractivity (Wildman–Crippen MR) is 61.1 cm³/mol. The Morgan fingerprint density at radius 1 is 1.40 bits per heavy atom. The molecule has 1 rings (SSSR count). The number of hydrogen-bond acceptors (Lipinski definition) is 3. The molecule has 0 aliphatic carbocycles. The van der Waals surface area contributed by atoms with E-state index in [0.717, 1.165) is 11.1 Å². The molecule has 0 amide bonds. The van der Waals surface area contributed by atoms with Gasteiger partial charge < -0.3 is 5.11 Å². The van der Waals surface area contributed by atoms with Crippen molar-refractivity contribution < 1.29 is 13.5 Å². The van der Waals surface area contributed by atoms with E-state index >= 15 is 0 Å². The van der Waals surface area contributed by atoms with E-state index in [4.69, 9.17) is 22.3 Å². The molecule has 6 heteroatoms. The third-order valence-corrected chi connectivity index (χ3v) is 3.60. The van der Waals surface area contributed by atoms with Crippen molar-refractivity contribution in [1.29, 1.82) is 0 Å². The molecule has 0 bridgehead atoms. The molecule has 1 N–H and O–H groups in total. The van der Waals surface area contributed by atoms with Crippen molar-refractivity contribution in [3.63, 3.8) is 0 Å². The van der Waals surface area contributed by atoms with Gasteiger partial charge in [0.2, 0.25) is 9.05 Å². The number of rotatable bonds is 2. The monoisotopic (exact) mass is 268 g/mol. The summed E-state index contributed by atoms with van der Waals surface area (Å²) in [6.07, 6.45) is 0. The summed E-state index contributed by atoms with van der Waals surface area (Å²) in [6, 6.07) is 1.57. The Kier molecular flexibility index (Phi) is 3.53. The fourth-order valence-electron chi connectivity index (χ4n) is 1.23. The molecule has 15 heavy (non-hydrogen) atoms. The van der Waals surface area contributed by atoms with Crippen LogP contribution >= 0.6 is 22.3 Å². The molecule has 0 unspecified atom stereocenters. The highest BCUT2D eigenvalue weighted by molar-refractivity contribution is 8.13. The summed E-state index contributed by atoms with van der Waals surface area (Å²) in [6.45, 7) is 3.53. The van der Waals surface area contributed by atoms with Crippen molar-refractivity contribution >= 4 is 31.3 Å². The van der Waals surface area contributed by atoms with Crippen LogP contribution in [0.25, 0.3) is 0 Å². The highest BCUT2D eigenvalue weighted by Crippen LogP contribution is 2.34. The van der Waals surface area contributed by atoms with Gasteiger partial charge in [0.15, 0.2) is 0 Å². The van der Waals surface area contributed by atoms with Crippen molar-refractivity contribution in [3.05, 3.63) is 27.8 Å². The first kappa shape index (κ1) is 12.6. The van der Waals surface area contributed by atoms with Gasteiger partial charge in [0.05, 0.1) is 10.8 Å². The van der Waals surface area contributed by atoms with Gasteiger partial charge in [-0.3, -0.25) is 0 Å². The molecule has 0 aromatic heterocycles. The molecule has 3 nitrogen and oxygen atoms in total. The summed E-state index contributed by atoms with van der Waals surface area (Å²) in [4.78, 5) is 0. The second kappa shape index (κ2) is 4.20. The minimum atomic E-state index is -3.69. The molecule has 0 radical (unpaired) electrons. The van der Waals surface area contributed by atoms with Gasteiger partial charge in [-0.25, -0.2) is 8.42 Å². The number of aryl methyl sites for hydroxylation is 1. The van der Waals surface area contributed by atoms with Gasteiger partial charge in [-0.05, 0) is 25.0 Å². The number of hydrogen-bond donors (Lipinski definition) is 1. The summed E-state index contributed by atoms with van der Waals surface area (Å²) in [5.74, 6) is -0.648. The zero-order chi connectivity index (χ0) is 11.8. The Morgan fingerprint density at radius 3 is 2.40 bits per heavy atom. The van der Waals surface area contributed by atoms with Gasteiger partial charge in [-0.15, -0.1) is 0 Å². The van der Waals surface area contributed by atoms with Crippen molar-refractivity contribution in [3.8, 4) is 5.75 Å². The molecule has 0 aliphatic rings. The first-order valence-corrected chi connectivity index (χ1v) is 6.98.